The van der Waals surface area contributed by atoms with Gasteiger partial charge in [-0.2, -0.15) is 0 Å². The van der Waals surface area contributed by atoms with Crippen molar-refractivity contribution < 1.29 is 4.79 Å². The highest BCUT2D eigenvalue weighted by Gasteiger charge is 2.16. The Morgan fingerprint density at radius 3 is 2.54 bits per heavy atom. The molecule has 5 heteroatoms. The maximum Gasteiger partial charge on any atom is 0.272 e. The minimum absolute atomic E-state index is 0.0230. The molecule has 1 heterocycles. The van der Waals surface area contributed by atoms with Gasteiger partial charge in [0, 0.05) is 35.7 Å². The van der Waals surface area contributed by atoms with E-state index in [1.165, 1.54) is 0 Å². The summed E-state index contributed by atoms with van der Waals surface area (Å²) in [6.07, 6.45) is 3.53. The molecule has 0 radical (unpaired) electrons. The summed E-state index contributed by atoms with van der Waals surface area (Å²) in [7, 11) is 0. The van der Waals surface area contributed by atoms with Crippen molar-refractivity contribution in [3.05, 3.63) is 52.8 Å². The highest BCUT2D eigenvalue weighted by atomic mass is 35.5. The number of amides is 1. The van der Waals surface area contributed by atoms with Crippen molar-refractivity contribution >= 4 is 28.9 Å². The van der Waals surface area contributed by atoms with Crippen molar-refractivity contribution in [3.63, 3.8) is 0 Å². The fraction of sp³-hybridized carbons (Fsp3) is 0.368. The van der Waals surface area contributed by atoms with Crippen LogP contribution in [0, 0.1) is 6.92 Å². The number of hydrogen-bond donors (Lipinski definition) is 1. The molecule has 2 rings (SSSR count). The van der Waals surface area contributed by atoms with E-state index in [1.54, 1.807) is 12.3 Å². The summed E-state index contributed by atoms with van der Waals surface area (Å²) in [6, 6.07) is 9.33. The minimum Gasteiger partial charge on any atom is -0.355 e. The molecule has 0 aliphatic carbocycles. The third-order valence-electron chi connectivity index (χ3n) is 3.73. The summed E-state index contributed by atoms with van der Waals surface area (Å²) in [5.74, 6) is -0.0230. The Morgan fingerprint density at radius 2 is 1.88 bits per heavy atom. The number of aromatic nitrogens is 1. The first-order valence-corrected chi connectivity index (χ1v) is 8.71. The normalized spacial score (nSPS) is 10.5. The van der Waals surface area contributed by atoms with Crippen molar-refractivity contribution in [1.82, 2.24) is 9.88 Å². The summed E-state index contributed by atoms with van der Waals surface area (Å²) >= 11 is 6.06. The first-order chi connectivity index (χ1) is 11.5. The van der Waals surface area contributed by atoms with Crippen LogP contribution < -0.4 is 5.32 Å². The first kappa shape index (κ1) is 18.3. The Labute approximate surface area is 148 Å². The largest absolute Gasteiger partial charge is 0.355 e. The lowest BCUT2D eigenvalue weighted by Crippen LogP contribution is -2.33. The number of carbonyl (C=O) groups is 1. The zero-order chi connectivity index (χ0) is 17.5. The molecule has 2 aromatic rings. The van der Waals surface area contributed by atoms with Crippen molar-refractivity contribution in [2.75, 3.05) is 18.4 Å². The molecule has 0 atom stereocenters. The van der Waals surface area contributed by atoms with E-state index in [2.05, 4.69) is 24.1 Å². The number of anilines is 2. The van der Waals surface area contributed by atoms with Crippen molar-refractivity contribution in [3.8, 4) is 0 Å². The van der Waals surface area contributed by atoms with Crippen LogP contribution in [0.25, 0.3) is 0 Å². The van der Waals surface area contributed by atoms with Crippen LogP contribution in [-0.2, 0) is 0 Å². The molecule has 24 heavy (non-hydrogen) atoms. The molecule has 128 valence electrons. The van der Waals surface area contributed by atoms with Gasteiger partial charge in [-0.25, -0.2) is 0 Å². The number of carbonyl (C=O) groups excluding carboxylic acids is 1. The molecule has 1 aromatic heterocycles. The molecule has 0 spiro atoms. The Balaban J connectivity index is 2.21. The molecule has 0 aliphatic rings. The van der Waals surface area contributed by atoms with Crippen LogP contribution in [0.2, 0.25) is 5.02 Å². The number of pyridine rings is 1. The summed E-state index contributed by atoms with van der Waals surface area (Å²) in [5.41, 5.74) is 3.29. The van der Waals surface area contributed by atoms with E-state index >= 15 is 0 Å². The van der Waals surface area contributed by atoms with Gasteiger partial charge in [0.15, 0.2) is 0 Å². The quantitative estimate of drug-likeness (QED) is 0.763. The molecule has 0 fully saturated rings. The molecule has 1 aromatic carbocycles. The second-order valence-corrected chi connectivity index (χ2v) is 6.24. The maximum atomic E-state index is 12.7. The Kier molecular flexibility index (Phi) is 6.62. The summed E-state index contributed by atoms with van der Waals surface area (Å²) in [4.78, 5) is 18.8. The van der Waals surface area contributed by atoms with Gasteiger partial charge < -0.3 is 10.2 Å². The van der Waals surface area contributed by atoms with E-state index in [0.29, 0.717) is 10.7 Å². The Morgan fingerprint density at radius 1 is 1.17 bits per heavy atom. The molecule has 0 bridgehead atoms. The number of halogens is 1. The third-order valence-corrected chi connectivity index (χ3v) is 3.97. The number of nitrogens with zero attached hydrogens (tertiary/aromatic N) is 2. The molecule has 0 unspecified atom stereocenters. The minimum atomic E-state index is -0.0230. The Hall–Kier alpha value is -2.07. The van der Waals surface area contributed by atoms with E-state index in [9.17, 15) is 4.79 Å². The van der Waals surface area contributed by atoms with Gasteiger partial charge in [-0.05, 0) is 49.6 Å². The van der Waals surface area contributed by atoms with Gasteiger partial charge in [0.2, 0.25) is 0 Å². The standard InChI is InChI=1S/C19H24ClN3O/c1-4-10-23(11-5-2)19(24)18-13-16(8-9-21-18)22-17-12-15(20)7-6-14(17)3/h6-9,12-13H,4-5,10-11H2,1-3H3,(H,21,22). The molecule has 1 N–H and O–H groups in total. The molecule has 1 amide bonds. The SMILES string of the molecule is CCCN(CCC)C(=O)c1cc(Nc2cc(Cl)ccc2C)ccn1. The summed E-state index contributed by atoms with van der Waals surface area (Å²) in [5, 5.41) is 3.99. The lowest BCUT2D eigenvalue weighted by atomic mass is 10.2. The van der Waals surface area contributed by atoms with E-state index < -0.39 is 0 Å². The number of aryl methyl sites for hydroxylation is 1. The third kappa shape index (κ3) is 4.71. The van der Waals surface area contributed by atoms with Crippen LogP contribution in [0.5, 0.6) is 0 Å². The van der Waals surface area contributed by atoms with Crippen LogP contribution in [0.15, 0.2) is 36.5 Å². The molecular formula is C19H24ClN3O. The smallest absolute Gasteiger partial charge is 0.272 e. The maximum absolute atomic E-state index is 12.7. The Bertz CT molecular complexity index is 697. The van der Waals surface area contributed by atoms with Crippen LogP contribution in [-0.4, -0.2) is 28.9 Å². The topological polar surface area (TPSA) is 45.2 Å². The zero-order valence-corrected chi connectivity index (χ0v) is 15.2. The lowest BCUT2D eigenvalue weighted by molar-refractivity contribution is 0.0749. The predicted octanol–water partition coefficient (Wildman–Crippen LogP) is 5.05. The second-order valence-electron chi connectivity index (χ2n) is 5.81. The van der Waals surface area contributed by atoms with Gasteiger partial charge in [0.05, 0.1) is 0 Å². The lowest BCUT2D eigenvalue weighted by Gasteiger charge is -2.21. The summed E-state index contributed by atoms with van der Waals surface area (Å²) < 4.78 is 0. The van der Waals surface area contributed by atoms with E-state index in [4.69, 9.17) is 11.6 Å². The van der Waals surface area contributed by atoms with Crippen LogP contribution in [0.4, 0.5) is 11.4 Å². The van der Waals surface area contributed by atoms with Gasteiger partial charge in [0.1, 0.15) is 5.69 Å². The van der Waals surface area contributed by atoms with Crippen molar-refractivity contribution in [2.24, 2.45) is 0 Å². The van der Waals surface area contributed by atoms with Crippen LogP contribution >= 0.6 is 11.6 Å². The van der Waals surface area contributed by atoms with Crippen LogP contribution in [0.1, 0.15) is 42.7 Å². The highest BCUT2D eigenvalue weighted by molar-refractivity contribution is 6.30. The first-order valence-electron chi connectivity index (χ1n) is 8.33. The van der Waals surface area contributed by atoms with Gasteiger partial charge in [-0.3, -0.25) is 9.78 Å². The van der Waals surface area contributed by atoms with Crippen molar-refractivity contribution in [1.29, 1.82) is 0 Å². The predicted molar refractivity (Wildman–Crippen MR) is 100 cm³/mol. The molecule has 0 saturated heterocycles. The number of nitrogens with one attached hydrogen (secondary N) is 1. The molecule has 0 aliphatic heterocycles. The van der Waals surface area contributed by atoms with E-state index in [1.807, 2.05) is 36.1 Å². The molecule has 0 saturated carbocycles. The second kappa shape index (κ2) is 8.69. The molecular weight excluding hydrogens is 322 g/mol. The summed E-state index contributed by atoms with van der Waals surface area (Å²) in [6.45, 7) is 7.65. The fourth-order valence-electron chi connectivity index (χ4n) is 2.53. The fourth-order valence-corrected chi connectivity index (χ4v) is 2.70. The van der Waals surface area contributed by atoms with Gasteiger partial charge >= 0.3 is 0 Å². The highest BCUT2D eigenvalue weighted by Crippen LogP contribution is 2.24. The van der Waals surface area contributed by atoms with Gasteiger partial charge in [-0.15, -0.1) is 0 Å². The average Bonchev–Trinajstić information content (AvgIpc) is 2.57. The number of hydrogen-bond acceptors (Lipinski definition) is 3. The van der Waals surface area contributed by atoms with Crippen molar-refractivity contribution in [2.45, 2.75) is 33.6 Å². The van der Waals surface area contributed by atoms with E-state index in [-0.39, 0.29) is 5.91 Å². The molecule has 4 nitrogen and oxygen atoms in total. The number of rotatable bonds is 7. The van der Waals surface area contributed by atoms with Crippen LogP contribution in [0.3, 0.4) is 0 Å². The average molecular weight is 346 g/mol. The van der Waals surface area contributed by atoms with Gasteiger partial charge in [0.25, 0.3) is 5.91 Å². The van der Waals surface area contributed by atoms with Gasteiger partial charge in [-0.1, -0.05) is 31.5 Å². The number of benzene rings is 1. The van der Waals surface area contributed by atoms with E-state index in [0.717, 1.165) is 42.9 Å². The zero-order valence-electron chi connectivity index (χ0n) is 14.5. The monoisotopic (exact) mass is 345 g/mol.